The second kappa shape index (κ2) is 7.26. The SMILES string of the molecule is Cc1cc2oc(=O)cc(COC(=O)Cn3nc(C)c([N+](=O)[O-])c3C)c2cc1C. The fraction of sp³-hybridized carbons (Fsp3) is 0.316. The Morgan fingerprint density at radius 1 is 1.21 bits per heavy atom. The van der Waals surface area contributed by atoms with Crippen LogP contribution >= 0.6 is 0 Å². The number of aryl methyl sites for hydroxylation is 3. The van der Waals surface area contributed by atoms with E-state index in [0.717, 1.165) is 11.1 Å². The van der Waals surface area contributed by atoms with Gasteiger partial charge in [0.05, 0.1) is 4.92 Å². The van der Waals surface area contributed by atoms with E-state index in [1.54, 1.807) is 6.07 Å². The van der Waals surface area contributed by atoms with Crippen molar-refractivity contribution in [1.82, 2.24) is 9.78 Å². The highest BCUT2D eigenvalue weighted by molar-refractivity contribution is 5.82. The lowest BCUT2D eigenvalue weighted by molar-refractivity contribution is -0.386. The zero-order valence-electron chi connectivity index (χ0n) is 15.9. The third kappa shape index (κ3) is 3.64. The van der Waals surface area contributed by atoms with E-state index < -0.39 is 16.5 Å². The Hall–Kier alpha value is -3.49. The fourth-order valence-corrected chi connectivity index (χ4v) is 3.03. The lowest BCUT2D eigenvalue weighted by Crippen LogP contribution is -2.16. The molecule has 146 valence electrons. The number of benzene rings is 1. The molecule has 0 saturated carbocycles. The second-order valence-electron chi connectivity index (χ2n) is 6.62. The van der Waals surface area contributed by atoms with Gasteiger partial charge in [0.15, 0.2) is 0 Å². The van der Waals surface area contributed by atoms with Gasteiger partial charge in [0.25, 0.3) is 0 Å². The number of hydrogen-bond donors (Lipinski definition) is 0. The molecule has 9 nitrogen and oxygen atoms in total. The van der Waals surface area contributed by atoms with Crippen LogP contribution in [0.1, 0.15) is 28.1 Å². The van der Waals surface area contributed by atoms with Crippen LogP contribution in [0.25, 0.3) is 11.0 Å². The summed E-state index contributed by atoms with van der Waals surface area (Å²) in [7, 11) is 0. The number of carbonyl (C=O) groups excluding carboxylic acids is 1. The summed E-state index contributed by atoms with van der Waals surface area (Å²) in [4.78, 5) is 34.5. The number of ether oxygens (including phenoxy) is 1. The van der Waals surface area contributed by atoms with Crippen LogP contribution in [0.3, 0.4) is 0 Å². The first-order valence-corrected chi connectivity index (χ1v) is 8.55. The van der Waals surface area contributed by atoms with E-state index in [-0.39, 0.29) is 30.2 Å². The van der Waals surface area contributed by atoms with Gasteiger partial charge in [-0.05, 0) is 51.0 Å². The Morgan fingerprint density at radius 3 is 2.54 bits per heavy atom. The van der Waals surface area contributed by atoms with Gasteiger partial charge in [0, 0.05) is 17.0 Å². The first-order valence-electron chi connectivity index (χ1n) is 8.55. The predicted molar refractivity (Wildman–Crippen MR) is 100 cm³/mol. The summed E-state index contributed by atoms with van der Waals surface area (Å²) in [5.74, 6) is -0.620. The molecule has 0 bridgehead atoms. The first kappa shape index (κ1) is 19.3. The summed E-state index contributed by atoms with van der Waals surface area (Å²) in [5, 5.41) is 15.8. The molecular weight excluding hydrogens is 366 g/mol. The molecule has 0 fully saturated rings. The van der Waals surface area contributed by atoms with Gasteiger partial charge in [-0.1, -0.05) is 0 Å². The summed E-state index contributed by atoms with van der Waals surface area (Å²) in [6.07, 6.45) is 0. The maximum absolute atomic E-state index is 12.2. The quantitative estimate of drug-likeness (QED) is 0.287. The van der Waals surface area contributed by atoms with E-state index in [4.69, 9.17) is 9.15 Å². The van der Waals surface area contributed by atoms with E-state index in [0.29, 0.717) is 16.5 Å². The minimum absolute atomic E-state index is 0.120. The fourth-order valence-electron chi connectivity index (χ4n) is 3.03. The van der Waals surface area contributed by atoms with Gasteiger partial charge in [0.2, 0.25) is 0 Å². The summed E-state index contributed by atoms with van der Waals surface area (Å²) in [6, 6.07) is 4.94. The van der Waals surface area contributed by atoms with Crippen LogP contribution in [-0.2, 0) is 22.7 Å². The lowest BCUT2D eigenvalue weighted by atomic mass is 10.0. The smallest absolute Gasteiger partial charge is 0.336 e. The molecule has 0 aliphatic heterocycles. The molecule has 0 unspecified atom stereocenters. The number of fused-ring (bicyclic) bond motifs is 1. The van der Waals surface area contributed by atoms with Crippen LogP contribution in [0, 0.1) is 37.8 Å². The van der Waals surface area contributed by atoms with Gasteiger partial charge in [-0.2, -0.15) is 5.10 Å². The molecule has 0 aliphatic rings. The number of carbonyl (C=O) groups is 1. The van der Waals surface area contributed by atoms with Crippen molar-refractivity contribution in [2.45, 2.75) is 40.8 Å². The molecule has 2 aromatic heterocycles. The minimum atomic E-state index is -0.620. The molecule has 1 aromatic carbocycles. The molecule has 0 amide bonds. The number of nitrogens with zero attached hydrogens (tertiary/aromatic N) is 3. The third-order valence-electron chi connectivity index (χ3n) is 4.64. The highest BCUT2D eigenvalue weighted by Crippen LogP contribution is 2.23. The van der Waals surface area contributed by atoms with Crippen molar-refractivity contribution in [2.24, 2.45) is 0 Å². The third-order valence-corrected chi connectivity index (χ3v) is 4.64. The Bertz CT molecular complexity index is 1160. The standard InChI is InChI=1S/C19H19N3O6/c1-10-5-15-14(7-17(23)28-16(15)6-11(10)2)9-27-18(24)8-21-13(4)19(22(25)26)12(3)20-21/h5-7H,8-9H2,1-4H3. The first-order chi connectivity index (χ1) is 13.2. The zero-order chi connectivity index (χ0) is 20.6. The van der Waals surface area contributed by atoms with Crippen molar-refractivity contribution in [3.63, 3.8) is 0 Å². The predicted octanol–water partition coefficient (Wildman–Crippen LogP) is 2.87. The van der Waals surface area contributed by atoms with Crippen molar-refractivity contribution in [3.8, 4) is 0 Å². The average Bonchev–Trinajstić information content (AvgIpc) is 2.88. The molecule has 0 spiro atoms. The van der Waals surface area contributed by atoms with Gasteiger partial charge >= 0.3 is 17.3 Å². The largest absolute Gasteiger partial charge is 0.459 e. The molecule has 3 rings (SSSR count). The van der Waals surface area contributed by atoms with E-state index in [1.165, 1.54) is 24.6 Å². The Kier molecular flexibility index (Phi) is 5.00. The summed E-state index contributed by atoms with van der Waals surface area (Å²) >= 11 is 0. The van der Waals surface area contributed by atoms with Crippen LogP contribution in [0.2, 0.25) is 0 Å². The second-order valence-corrected chi connectivity index (χ2v) is 6.62. The van der Waals surface area contributed by atoms with Crippen molar-refractivity contribution >= 4 is 22.6 Å². The Morgan fingerprint density at radius 2 is 1.89 bits per heavy atom. The van der Waals surface area contributed by atoms with E-state index in [1.807, 2.05) is 19.9 Å². The van der Waals surface area contributed by atoms with Crippen molar-refractivity contribution < 1.29 is 18.9 Å². The van der Waals surface area contributed by atoms with Gasteiger partial charge < -0.3 is 9.15 Å². The van der Waals surface area contributed by atoms with Gasteiger partial charge in [-0.3, -0.25) is 19.6 Å². The normalized spacial score (nSPS) is 11.0. The molecule has 3 aromatic rings. The molecule has 0 atom stereocenters. The van der Waals surface area contributed by atoms with Crippen molar-refractivity contribution in [1.29, 1.82) is 0 Å². The van der Waals surface area contributed by atoms with E-state index in [2.05, 4.69) is 5.10 Å². The number of hydrogen-bond acceptors (Lipinski definition) is 7. The highest BCUT2D eigenvalue weighted by Gasteiger charge is 2.23. The van der Waals surface area contributed by atoms with Gasteiger partial charge in [-0.25, -0.2) is 4.79 Å². The topological polar surface area (TPSA) is 117 Å². The minimum Gasteiger partial charge on any atom is -0.459 e. The number of rotatable bonds is 5. The van der Waals surface area contributed by atoms with Crippen LogP contribution in [-0.4, -0.2) is 20.7 Å². The maximum Gasteiger partial charge on any atom is 0.336 e. The Balaban J connectivity index is 1.80. The lowest BCUT2D eigenvalue weighted by Gasteiger charge is -2.09. The van der Waals surface area contributed by atoms with Crippen molar-refractivity contribution in [3.05, 3.63) is 66.8 Å². The highest BCUT2D eigenvalue weighted by atomic mass is 16.6. The number of nitro groups is 1. The summed E-state index contributed by atoms with van der Waals surface area (Å²) in [5.41, 5.74) is 2.81. The van der Waals surface area contributed by atoms with E-state index >= 15 is 0 Å². The van der Waals surface area contributed by atoms with Gasteiger partial charge in [-0.15, -0.1) is 0 Å². The molecule has 28 heavy (non-hydrogen) atoms. The molecule has 0 aliphatic carbocycles. The van der Waals surface area contributed by atoms with Crippen LogP contribution in [0.15, 0.2) is 27.4 Å². The monoisotopic (exact) mass is 385 g/mol. The molecule has 2 heterocycles. The van der Waals surface area contributed by atoms with Crippen LogP contribution in [0.5, 0.6) is 0 Å². The molecule has 0 radical (unpaired) electrons. The summed E-state index contributed by atoms with van der Waals surface area (Å²) in [6.45, 7) is 6.49. The molecule has 0 saturated heterocycles. The van der Waals surface area contributed by atoms with E-state index in [9.17, 15) is 19.7 Å². The van der Waals surface area contributed by atoms with Crippen LogP contribution < -0.4 is 5.63 Å². The molecular formula is C19H19N3O6. The zero-order valence-corrected chi connectivity index (χ0v) is 15.9. The van der Waals surface area contributed by atoms with Crippen molar-refractivity contribution in [2.75, 3.05) is 0 Å². The Labute approximate surface area is 159 Å². The van der Waals surface area contributed by atoms with Crippen LogP contribution in [0.4, 0.5) is 5.69 Å². The van der Waals surface area contributed by atoms with Gasteiger partial charge in [0.1, 0.15) is 30.1 Å². The average molecular weight is 385 g/mol. The maximum atomic E-state index is 12.2. The molecule has 9 heteroatoms. The number of esters is 1. The number of aromatic nitrogens is 2. The molecule has 0 N–H and O–H groups in total. The summed E-state index contributed by atoms with van der Waals surface area (Å²) < 4.78 is 11.7.